The second kappa shape index (κ2) is 4.74. The Bertz CT molecular complexity index is 325. The van der Waals surface area contributed by atoms with Crippen molar-refractivity contribution in [2.75, 3.05) is 19.7 Å². The molecule has 1 saturated heterocycles. The first-order valence-corrected chi connectivity index (χ1v) is 5.84. The zero-order chi connectivity index (χ0) is 10.7. The van der Waals surface area contributed by atoms with E-state index in [2.05, 4.69) is 22.4 Å². The molecular weight excluding hydrogens is 210 g/mol. The van der Waals surface area contributed by atoms with Crippen molar-refractivity contribution in [3.05, 3.63) is 22.4 Å². The first kappa shape index (κ1) is 10.6. The van der Waals surface area contributed by atoms with Gasteiger partial charge in [-0.1, -0.05) is 6.07 Å². The maximum atomic E-state index is 7.36. The molecule has 0 aliphatic carbocycles. The van der Waals surface area contributed by atoms with Crippen molar-refractivity contribution in [1.29, 1.82) is 5.41 Å². The SMILES string of the molecule is N=C(N)C1CN(Cc2cccs2)CCO1. The number of hydrogen-bond acceptors (Lipinski definition) is 4. The third-order valence-electron chi connectivity index (χ3n) is 2.46. The molecule has 15 heavy (non-hydrogen) atoms. The maximum Gasteiger partial charge on any atom is 0.127 e. The average Bonchev–Trinajstić information content (AvgIpc) is 2.71. The molecule has 2 heterocycles. The zero-order valence-corrected chi connectivity index (χ0v) is 9.30. The number of morpholine rings is 1. The van der Waals surface area contributed by atoms with E-state index >= 15 is 0 Å². The Kier molecular flexibility index (Phi) is 3.35. The Labute approximate surface area is 93.2 Å². The van der Waals surface area contributed by atoms with Crippen LogP contribution in [0, 0.1) is 5.41 Å². The quantitative estimate of drug-likeness (QED) is 0.593. The number of hydrogen-bond donors (Lipinski definition) is 2. The van der Waals surface area contributed by atoms with Crippen LogP contribution in [-0.2, 0) is 11.3 Å². The Morgan fingerprint density at radius 2 is 2.60 bits per heavy atom. The number of amidine groups is 1. The van der Waals surface area contributed by atoms with E-state index in [1.807, 2.05) is 0 Å². The minimum Gasteiger partial charge on any atom is -0.385 e. The number of thiophene rings is 1. The summed E-state index contributed by atoms with van der Waals surface area (Å²) in [5.41, 5.74) is 5.44. The van der Waals surface area contributed by atoms with Gasteiger partial charge in [0.15, 0.2) is 0 Å². The third-order valence-corrected chi connectivity index (χ3v) is 3.32. The second-order valence-corrected chi connectivity index (χ2v) is 4.66. The number of nitrogens with one attached hydrogen (secondary N) is 1. The smallest absolute Gasteiger partial charge is 0.127 e. The lowest BCUT2D eigenvalue weighted by Gasteiger charge is -2.31. The molecule has 0 aromatic carbocycles. The van der Waals surface area contributed by atoms with Gasteiger partial charge in [0.05, 0.1) is 6.61 Å². The number of nitrogens with zero attached hydrogens (tertiary/aromatic N) is 1. The summed E-state index contributed by atoms with van der Waals surface area (Å²) in [4.78, 5) is 3.63. The van der Waals surface area contributed by atoms with Gasteiger partial charge in [-0.05, 0) is 11.4 Å². The molecule has 1 aliphatic heterocycles. The molecule has 0 bridgehead atoms. The lowest BCUT2D eigenvalue weighted by molar-refractivity contribution is 0.00274. The van der Waals surface area contributed by atoms with E-state index in [-0.39, 0.29) is 11.9 Å². The number of rotatable bonds is 3. The van der Waals surface area contributed by atoms with E-state index < -0.39 is 0 Å². The fourth-order valence-electron chi connectivity index (χ4n) is 1.66. The lowest BCUT2D eigenvalue weighted by Crippen LogP contribution is -2.47. The van der Waals surface area contributed by atoms with Crippen molar-refractivity contribution in [3.8, 4) is 0 Å². The van der Waals surface area contributed by atoms with Crippen LogP contribution in [-0.4, -0.2) is 36.5 Å². The molecular formula is C10H15N3OS. The van der Waals surface area contributed by atoms with Crippen molar-refractivity contribution < 1.29 is 4.74 Å². The van der Waals surface area contributed by atoms with Gasteiger partial charge in [-0.2, -0.15) is 0 Å². The Balaban J connectivity index is 1.90. The molecule has 0 spiro atoms. The molecule has 1 unspecified atom stereocenters. The summed E-state index contributed by atoms with van der Waals surface area (Å²) in [6.45, 7) is 3.25. The molecule has 1 aromatic heterocycles. The van der Waals surface area contributed by atoms with Gasteiger partial charge in [-0.15, -0.1) is 11.3 Å². The molecule has 0 radical (unpaired) electrons. The molecule has 1 atom stereocenters. The average molecular weight is 225 g/mol. The summed E-state index contributed by atoms with van der Waals surface area (Å²) in [5.74, 6) is 0.130. The van der Waals surface area contributed by atoms with Crippen molar-refractivity contribution in [2.24, 2.45) is 5.73 Å². The minimum absolute atomic E-state index is 0.130. The Morgan fingerprint density at radius 1 is 1.73 bits per heavy atom. The van der Waals surface area contributed by atoms with Crippen molar-refractivity contribution >= 4 is 17.2 Å². The van der Waals surface area contributed by atoms with Gasteiger partial charge >= 0.3 is 0 Å². The van der Waals surface area contributed by atoms with E-state index in [1.54, 1.807) is 11.3 Å². The molecule has 4 nitrogen and oxygen atoms in total. The van der Waals surface area contributed by atoms with Gasteiger partial charge in [-0.3, -0.25) is 10.3 Å². The van der Waals surface area contributed by atoms with Gasteiger partial charge < -0.3 is 10.5 Å². The number of ether oxygens (including phenoxy) is 1. The third kappa shape index (κ3) is 2.77. The van der Waals surface area contributed by atoms with E-state index in [9.17, 15) is 0 Å². The van der Waals surface area contributed by atoms with Gasteiger partial charge in [0.2, 0.25) is 0 Å². The van der Waals surface area contributed by atoms with E-state index in [1.165, 1.54) is 4.88 Å². The first-order valence-electron chi connectivity index (χ1n) is 4.96. The Morgan fingerprint density at radius 3 is 3.27 bits per heavy atom. The molecule has 3 N–H and O–H groups in total. The fraction of sp³-hybridized carbons (Fsp3) is 0.500. The summed E-state index contributed by atoms with van der Waals surface area (Å²) in [6.07, 6.45) is -0.223. The van der Waals surface area contributed by atoms with Crippen LogP contribution in [0.15, 0.2) is 17.5 Å². The minimum atomic E-state index is -0.223. The largest absolute Gasteiger partial charge is 0.385 e. The number of nitrogens with two attached hydrogens (primary N) is 1. The van der Waals surface area contributed by atoms with Crippen LogP contribution in [0.1, 0.15) is 4.88 Å². The van der Waals surface area contributed by atoms with Crippen LogP contribution in [0.2, 0.25) is 0 Å². The van der Waals surface area contributed by atoms with Crippen LogP contribution in [0.4, 0.5) is 0 Å². The normalized spacial score (nSPS) is 22.8. The van der Waals surface area contributed by atoms with Crippen LogP contribution in [0.5, 0.6) is 0 Å². The van der Waals surface area contributed by atoms with Crippen LogP contribution >= 0.6 is 11.3 Å². The molecule has 1 aliphatic rings. The van der Waals surface area contributed by atoms with Gasteiger partial charge in [0, 0.05) is 24.5 Å². The highest BCUT2D eigenvalue weighted by atomic mass is 32.1. The van der Waals surface area contributed by atoms with Gasteiger partial charge in [0.25, 0.3) is 0 Å². The molecule has 82 valence electrons. The zero-order valence-electron chi connectivity index (χ0n) is 8.48. The highest BCUT2D eigenvalue weighted by molar-refractivity contribution is 7.09. The summed E-state index contributed by atoms with van der Waals surface area (Å²) in [6, 6.07) is 4.19. The molecule has 2 rings (SSSR count). The molecule has 1 aromatic rings. The van der Waals surface area contributed by atoms with Crippen molar-refractivity contribution in [3.63, 3.8) is 0 Å². The van der Waals surface area contributed by atoms with E-state index in [0.717, 1.165) is 19.6 Å². The molecule has 0 amide bonds. The topological polar surface area (TPSA) is 62.3 Å². The highest BCUT2D eigenvalue weighted by Crippen LogP contribution is 2.14. The highest BCUT2D eigenvalue weighted by Gasteiger charge is 2.22. The van der Waals surface area contributed by atoms with Crippen molar-refractivity contribution in [1.82, 2.24) is 4.90 Å². The summed E-state index contributed by atoms with van der Waals surface area (Å²) in [5, 5.41) is 9.44. The van der Waals surface area contributed by atoms with E-state index in [0.29, 0.717) is 6.61 Å². The summed E-state index contributed by atoms with van der Waals surface area (Å²) in [7, 11) is 0. The van der Waals surface area contributed by atoms with Crippen LogP contribution < -0.4 is 5.73 Å². The molecule has 1 fully saturated rings. The van der Waals surface area contributed by atoms with Gasteiger partial charge in [-0.25, -0.2) is 0 Å². The van der Waals surface area contributed by atoms with Crippen LogP contribution in [0.3, 0.4) is 0 Å². The Hall–Kier alpha value is -0.910. The van der Waals surface area contributed by atoms with E-state index in [4.69, 9.17) is 15.9 Å². The lowest BCUT2D eigenvalue weighted by atomic mass is 10.2. The van der Waals surface area contributed by atoms with Crippen molar-refractivity contribution in [2.45, 2.75) is 12.6 Å². The first-order chi connectivity index (χ1) is 7.25. The second-order valence-electron chi connectivity index (χ2n) is 3.63. The maximum absolute atomic E-state index is 7.36. The summed E-state index contributed by atoms with van der Waals surface area (Å²) < 4.78 is 5.40. The fourth-order valence-corrected chi connectivity index (χ4v) is 2.40. The predicted octanol–water partition coefficient (Wildman–Crippen LogP) is 0.885. The monoisotopic (exact) mass is 225 g/mol. The van der Waals surface area contributed by atoms with Crippen LogP contribution in [0.25, 0.3) is 0 Å². The molecule has 0 saturated carbocycles. The standard InChI is InChI=1S/C10H15N3OS/c11-10(12)9-7-13(3-4-14-9)6-8-2-1-5-15-8/h1-2,5,9H,3-4,6-7H2,(H3,11,12). The van der Waals surface area contributed by atoms with Gasteiger partial charge in [0.1, 0.15) is 11.9 Å². The predicted molar refractivity (Wildman–Crippen MR) is 61.3 cm³/mol. The molecule has 5 heteroatoms. The summed E-state index contributed by atoms with van der Waals surface area (Å²) >= 11 is 1.76.